The van der Waals surface area contributed by atoms with Gasteiger partial charge in [-0.3, -0.25) is 0 Å². The molecule has 8 aromatic carbocycles. The molecule has 56 heavy (non-hydrogen) atoms. The molecular formula is C54H38N2. The van der Waals surface area contributed by atoms with Crippen LogP contribution in [0.25, 0.3) is 66.9 Å². The third-order valence-electron chi connectivity index (χ3n) is 12.3. The molecule has 0 amide bonds. The Morgan fingerprint density at radius 3 is 1.57 bits per heavy atom. The van der Waals surface area contributed by atoms with Gasteiger partial charge in [-0.2, -0.15) is 0 Å². The van der Waals surface area contributed by atoms with E-state index in [1.165, 1.54) is 60.8 Å². The fourth-order valence-electron chi connectivity index (χ4n) is 9.71. The standard InChI is InChI=1S/C54H38N2/c1-53(2)45-23-10-12-25-47(45)54(48-26-13-11-24-46(48)53)44-22-9-8-21-42(44)43-30-29-39(33-49(43)54)38-19-14-20-40(32-38)50-34-51(56-52(55-50)36-16-4-3-5-17-36)41-28-27-35-15-6-7-18-37(35)31-41/h3-34H,1-2H3. The zero-order valence-electron chi connectivity index (χ0n) is 31.4. The largest absolute Gasteiger partial charge is 0.228 e. The fraction of sp³-hybridized carbons (Fsp3) is 0.0741. The molecule has 0 unspecified atom stereocenters. The second-order valence-electron chi connectivity index (χ2n) is 15.7. The number of hydrogen-bond acceptors (Lipinski definition) is 2. The third kappa shape index (κ3) is 4.75. The Bertz CT molecular complexity index is 2960. The summed E-state index contributed by atoms with van der Waals surface area (Å²) in [4.78, 5) is 10.3. The van der Waals surface area contributed by atoms with E-state index in [0.29, 0.717) is 5.82 Å². The molecule has 2 heteroatoms. The molecule has 0 radical (unpaired) electrons. The molecule has 9 aromatic rings. The van der Waals surface area contributed by atoms with E-state index in [1.807, 2.05) is 18.2 Å². The highest BCUT2D eigenvalue weighted by Gasteiger charge is 2.53. The molecule has 264 valence electrons. The molecule has 2 nitrogen and oxygen atoms in total. The van der Waals surface area contributed by atoms with Crippen LogP contribution in [0, 0.1) is 0 Å². The number of fused-ring (bicyclic) bond motifs is 10. The van der Waals surface area contributed by atoms with Gasteiger partial charge in [-0.1, -0.05) is 184 Å². The van der Waals surface area contributed by atoms with Gasteiger partial charge >= 0.3 is 0 Å². The van der Waals surface area contributed by atoms with Gasteiger partial charge in [0.1, 0.15) is 0 Å². The third-order valence-corrected chi connectivity index (χ3v) is 12.3. The molecule has 0 atom stereocenters. The van der Waals surface area contributed by atoms with Crippen molar-refractivity contribution in [3.05, 3.63) is 228 Å². The van der Waals surface area contributed by atoms with E-state index in [1.54, 1.807) is 0 Å². The molecule has 1 spiro atoms. The van der Waals surface area contributed by atoms with Gasteiger partial charge in [-0.25, -0.2) is 9.97 Å². The highest BCUT2D eigenvalue weighted by molar-refractivity contribution is 5.91. The molecular weight excluding hydrogens is 677 g/mol. The van der Waals surface area contributed by atoms with Crippen LogP contribution in [-0.4, -0.2) is 9.97 Å². The smallest absolute Gasteiger partial charge is 0.160 e. The summed E-state index contributed by atoms with van der Waals surface area (Å²) in [7, 11) is 0. The summed E-state index contributed by atoms with van der Waals surface area (Å²) < 4.78 is 0. The maximum absolute atomic E-state index is 5.20. The first-order valence-corrected chi connectivity index (χ1v) is 19.5. The van der Waals surface area contributed by atoms with Crippen molar-refractivity contribution >= 4 is 10.8 Å². The second-order valence-corrected chi connectivity index (χ2v) is 15.7. The molecule has 11 rings (SSSR count). The Hall–Kier alpha value is -6.90. The molecule has 0 saturated carbocycles. The lowest BCUT2D eigenvalue weighted by molar-refractivity contribution is 0.563. The summed E-state index contributed by atoms with van der Waals surface area (Å²) in [5.74, 6) is 0.714. The van der Waals surface area contributed by atoms with Crippen LogP contribution >= 0.6 is 0 Å². The molecule has 2 aliphatic carbocycles. The van der Waals surface area contributed by atoms with Crippen molar-refractivity contribution in [1.29, 1.82) is 0 Å². The van der Waals surface area contributed by atoms with Gasteiger partial charge in [-0.05, 0) is 90.7 Å². The number of nitrogens with zero attached hydrogens (tertiary/aromatic N) is 2. The number of hydrogen-bond donors (Lipinski definition) is 0. The zero-order valence-corrected chi connectivity index (χ0v) is 31.4. The van der Waals surface area contributed by atoms with Crippen LogP contribution in [0.1, 0.15) is 47.2 Å². The normalized spacial score (nSPS) is 14.2. The predicted octanol–water partition coefficient (Wildman–Crippen LogP) is 13.3. The molecule has 2 aliphatic rings. The minimum atomic E-state index is -0.436. The van der Waals surface area contributed by atoms with Gasteiger partial charge in [-0.15, -0.1) is 0 Å². The lowest BCUT2D eigenvalue weighted by Crippen LogP contribution is -2.40. The highest BCUT2D eigenvalue weighted by atomic mass is 14.9. The summed E-state index contributed by atoms with van der Waals surface area (Å²) in [5.41, 5.74) is 17.5. The van der Waals surface area contributed by atoms with Gasteiger partial charge in [0.15, 0.2) is 5.82 Å². The van der Waals surface area contributed by atoms with E-state index < -0.39 is 5.41 Å². The Morgan fingerprint density at radius 1 is 0.321 bits per heavy atom. The van der Waals surface area contributed by atoms with Crippen molar-refractivity contribution in [1.82, 2.24) is 9.97 Å². The Kier molecular flexibility index (Phi) is 7.15. The quantitative estimate of drug-likeness (QED) is 0.181. The zero-order chi connectivity index (χ0) is 37.4. The topological polar surface area (TPSA) is 25.8 Å². The van der Waals surface area contributed by atoms with Gasteiger partial charge in [0.25, 0.3) is 0 Å². The van der Waals surface area contributed by atoms with E-state index in [9.17, 15) is 0 Å². The summed E-state index contributed by atoms with van der Waals surface area (Å²) in [6.45, 7) is 4.76. The van der Waals surface area contributed by atoms with Crippen molar-refractivity contribution in [3.8, 4) is 56.2 Å². The maximum Gasteiger partial charge on any atom is 0.160 e. The minimum absolute atomic E-state index is 0.135. The highest BCUT2D eigenvalue weighted by Crippen LogP contribution is 2.62. The molecule has 0 bridgehead atoms. The van der Waals surface area contributed by atoms with Gasteiger partial charge in [0.2, 0.25) is 0 Å². The first kappa shape index (κ1) is 32.5. The van der Waals surface area contributed by atoms with Gasteiger partial charge in [0, 0.05) is 22.1 Å². The summed E-state index contributed by atoms with van der Waals surface area (Å²) in [6.07, 6.45) is 0. The average Bonchev–Trinajstić information content (AvgIpc) is 3.56. The van der Waals surface area contributed by atoms with Crippen molar-refractivity contribution in [2.75, 3.05) is 0 Å². The van der Waals surface area contributed by atoms with Crippen LogP contribution in [0.5, 0.6) is 0 Å². The van der Waals surface area contributed by atoms with Crippen molar-refractivity contribution < 1.29 is 0 Å². The molecule has 0 fully saturated rings. The lowest BCUT2D eigenvalue weighted by Gasteiger charge is -2.46. The van der Waals surface area contributed by atoms with Crippen molar-refractivity contribution in [3.63, 3.8) is 0 Å². The van der Waals surface area contributed by atoms with E-state index >= 15 is 0 Å². The Morgan fingerprint density at radius 2 is 0.839 bits per heavy atom. The molecule has 1 aromatic heterocycles. The van der Waals surface area contributed by atoms with E-state index in [0.717, 1.165) is 33.6 Å². The number of rotatable bonds is 4. The Labute approximate surface area is 327 Å². The summed E-state index contributed by atoms with van der Waals surface area (Å²) in [5, 5.41) is 2.40. The molecule has 0 N–H and O–H groups in total. The minimum Gasteiger partial charge on any atom is -0.228 e. The first-order chi connectivity index (χ1) is 27.5. The van der Waals surface area contributed by atoms with Crippen LogP contribution in [0.15, 0.2) is 194 Å². The summed E-state index contributed by atoms with van der Waals surface area (Å²) in [6, 6.07) is 70.8. The second kappa shape index (κ2) is 12.3. The van der Waals surface area contributed by atoms with Crippen molar-refractivity contribution in [2.45, 2.75) is 24.7 Å². The maximum atomic E-state index is 5.20. The van der Waals surface area contributed by atoms with Crippen LogP contribution < -0.4 is 0 Å². The molecule has 0 aliphatic heterocycles. The summed E-state index contributed by atoms with van der Waals surface area (Å²) >= 11 is 0. The SMILES string of the molecule is CC1(C)c2ccccc2C2(c3ccccc3-c3ccc(-c4cccc(-c5cc(-c6ccc7ccccc7c6)nc(-c6ccccc6)n5)c4)cc32)c2ccccc21. The number of benzene rings is 8. The lowest BCUT2D eigenvalue weighted by atomic mass is 9.55. The van der Waals surface area contributed by atoms with Crippen LogP contribution in [0.4, 0.5) is 0 Å². The van der Waals surface area contributed by atoms with E-state index in [2.05, 4.69) is 190 Å². The Balaban J connectivity index is 1.10. The van der Waals surface area contributed by atoms with Crippen LogP contribution in [0.2, 0.25) is 0 Å². The predicted molar refractivity (Wildman–Crippen MR) is 231 cm³/mol. The fourth-order valence-corrected chi connectivity index (χ4v) is 9.71. The van der Waals surface area contributed by atoms with Crippen molar-refractivity contribution in [2.24, 2.45) is 0 Å². The monoisotopic (exact) mass is 714 g/mol. The van der Waals surface area contributed by atoms with Crippen LogP contribution in [-0.2, 0) is 10.8 Å². The van der Waals surface area contributed by atoms with E-state index in [4.69, 9.17) is 9.97 Å². The molecule has 0 saturated heterocycles. The van der Waals surface area contributed by atoms with Gasteiger partial charge in [0.05, 0.1) is 16.8 Å². The number of aromatic nitrogens is 2. The average molecular weight is 715 g/mol. The van der Waals surface area contributed by atoms with Crippen LogP contribution in [0.3, 0.4) is 0 Å². The first-order valence-electron chi connectivity index (χ1n) is 19.5. The van der Waals surface area contributed by atoms with Gasteiger partial charge < -0.3 is 0 Å². The van der Waals surface area contributed by atoms with E-state index in [-0.39, 0.29) is 5.41 Å². The molecule has 1 heterocycles.